The first kappa shape index (κ1) is 12.3. The Bertz CT molecular complexity index is 556. The average Bonchev–Trinajstić information content (AvgIpc) is 2.78. The van der Waals surface area contributed by atoms with Gasteiger partial charge in [-0.1, -0.05) is 5.16 Å². The topological polar surface area (TPSA) is 54.3 Å². The molecule has 102 valence electrons. The van der Waals surface area contributed by atoms with Crippen molar-refractivity contribution in [2.75, 3.05) is 14.2 Å². The fraction of sp³-hybridized carbons (Fsp3) is 0.500. The second-order valence-electron chi connectivity index (χ2n) is 5.20. The van der Waals surface area contributed by atoms with Crippen molar-refractivity contribution in [1.82, 2.24) is 4.90 Å². The summed E-state index contributed by atoms with van der Waals surface area (Å²) in [5, 5.41) is 14.1. The number of hydrogen-bond donors (Lipinski definition) is 1. The van der Waals surface area contributed by atoms with Crippen LogP contribution in [0.4, 0.5) is 0 Å². The summed E-state index contributed by atoms with van der Waals surface area (Å²) in [4.78, 5) is 7.66. The minimum atomic E-state index is -0.0877. The molecular weight excluding hydrogens is 244 g/mol. The fourth-order valence-corrected chi connectivity index (χ4v) is 2.98. The highest BCUT2D eigenvalue weighted by Gasteiger charge is 2.44. The molecule has 0 aromatic heterocycles. The zero-order chi connectivity index (χ0) is 13.7. The van der Waals surface area contributed by atoms with Crippen molar-refractivity contribution in [3.63, 3.8) is 0 Å². The predicted octanol–water partition coefficient (Wildman–Crippen LogP) is 2.22. The number of benzene rings is 1. The molecule has 0 aliphatic carbocycles. The molecule has 0 saturated carbocycles. The van der Waals surface area contributed by atoms with Gasteiger partial charge in [0.2, 0.25) is 0 Å². The zero-order valence-corrected chi connectivity index (χ0v) is 11.5. The van der Waals surface area contributed by atoms with Gasteiger partial charge in [0, 0.05) is 6.04 Å². The minimum absolute atomic E-state index is 0.0769. The summed E-state index contributed by atoms with van der Waals surface area (Å²) in [5.41, 5.74) is 3.17. The molecule has 1 aromatic rings. The van der Waals surface area contributed by atoms with Crippen molar-refractivity contribution >= 4 is 5.71 Å². The Kier molecular flexibility index (Phi) is 2.67. The molecule has 0 bridgehead atoms. The number of aromatic hydroxyl groups is 1. The lowest BCUT2D eigenvalue weighted by atomic mass is 9.82. The summed E-state index contributed by atoms with van der Waals surface area (Å²) >= 11 is 0. The van der Waals surface area contributed by atoms with Crippen LogP contribution in [0, 0.1) is 0 Å². The predicted molar refractivity (Wildman–Crippen MR) is 71.6 cm³/mol. The van der Waals surface area contributed by atoms with Gasteiger partial charge in [-0.05, 0) is 44.2 Å². The molecule has 2 heterocycles. The first-order chi connectivity index (χ1) is 9.04. The van der Waals surface area contributed by atoms with Gasteiger partial charge in [0.15, 0.2) is 17.7 Å². The summed E-state index contributed by atoms with van der Waals surface area (Å²) in [7, 11) is 3.59. The lowest BCUT2D eigenvalue weighted by Crippen LogP contribution is -2.43. The monoisotopic (exact) mass is 262 g/mol. The maximum atomic E-state index is 10.0. The summed E-state index contributed by atoms with van der Waals surface area (Å²) in [5.74, 6) is 0.746. The summed E-state index contributed by atoms with van der Waals surface area (Å²) in [6.07, 6.45) is -0.0877. The molecule has 5 heteroatoms. The van der Waals surface area contributed by atoms with E-state index in [1.807, 2.05) is 20.0 Å². The Morgan fingerprint density at radius 1 is 1.37 bits per heavy atom. The molecule has 5 nitrogen and oxygen atoms in total. The molecule has 19 heavy (non-hydrogen) atoms. The second kappa shape index (κ2) is 4.13. The van der Waals surface area contributed by atoms with Crippen LogP contribution in [0.15, 0.2) is 17.3 Å². The Balaban J connectivity index is 2.18. The first-order valence-corrected chi connectivity index (χ1v) is 6.37. The number of ether oxygens (including phenoxy) is 1. The van der Waals surface area contributed by atoms with E-state index in [0.29, 0.717) is 5.75 Å². The standard InChI is InChI=1S/C14H18N2O3/c1-7-13-10-5-11(17)12(18-4)6-9(10)8(2)16(3)14(13)19-15-7/h5-6,8,13-14,17H,1-4H3/t8-,13-,14-/m1/s1. The lowest BCUT2D eigenvalue weighted by molar-refractivity contribution is -0.0579. The average molecular weight is 262 g/mol. The van der Waals surface area contributed by atoms with Gasteiger partial charge in [-0.25, -0.2) is 0 Å². The van der Waals surface area contributed by atoms with Crippen LogP contribution in [0.2, 0.25) is 0 Å². The summed E-state index contributed by atoms with van der Waals surface area (Å²) in [6.45, 7) is 4.07. The van der Waals surface area contributed by atoms with Crippen molar-refractivity contribution in [2.24, 2.45) is 5.16 Å². The summed E-state index contributed by atoms with van der Waals surface area (Å²) in [6, 6.07) is 3.88. The van der Waals surface area contributed by atoms with E-state index in [1.54, 1.807) is 13.2 Å². The van der Waals surface area contributed by atoms with E-state index in [0.717, 1.165) is 16.8 Å². The molecule has 0 saturated heterocycles. The zero-order valence-electron chi connectivity index (χ0n) is 11.5. The van der Waals surface area contributed by atoms with Crippen LogP contribution in [-0.4, -0.2) is 36.1 Å². The molecule has 0 amide bonds. The maximum absolute atomic E-state index is 10.0. The van der Waals surface area contributed by atoms with Crippen molar-refractivity contribution in [3.8, 4) is 11.5 Å². The van der Waals surface area contributed by atoms with E-state index in [4.69, 9.17) is 9.57 Å². The van der Waals surface area contributed by atoms with E-state index in [9.17, 15) is 5.11 Å². The number of fused-ring (bicyclic) bond motifs is 3. The number of rotatable bonds is 1. The number of phenolic OH excluding ortho intramolecular Hbond substituents is 1. The Morgan fingerprint density at radius 3 is 2.79 bits per heavy atom. The lowest BCUT2D eigenvalue weighted by Gasteiger charge is -2.39. The Labute approximate surface area is 112 Å². The SMILES string of the molecule is COc1cc2c(cc1O)[C@H]1C(C)=NO[C@H]1N(C)[C@@H]2C. The number of oxime groups is 1. The molecule has 3 rings (SSSR count). The molecule has 2 aliphatic rings. The second-order valence-corrected chi connectivity index (χ2v) is 5.20. The van der Waals surface area contributed by atoms with Crippen molar-refractivity contribution in [3.05, 3.63) is 23.3 Å². The largest absolute Gasteiger partial charge is 0.504 e. The van der Waals surface area contributed by atoms with E-state index in [1.165, 1.54) is 0 Å². The fourth-order valence-electron chi connectivity index (χ4n) is 2.98. The highest BCUT2D eigenvalue weighted by Crippen LogP contribution is 2.46. The van der Waals surface area contributed by atoms with Crippen LogP contribution in [0.25, 0.3) is 0 Å². The Hall–Kier alpha value is -1.75. The molecule has 0 spiro atoms. The number of methoxy groups -OCH3 is 1. The molecule has 0 unspecified atom stereocenters. The van der Waals surface area contributed by atoms with E-state index in [2.05, 4.69) is 17.0 Å². The third-order valence-corrected chi connectivity index (χ3v) is 4.22. The van der Waals surface area contributed by atoms with Crippen molar-refractivity contribution in [2.45, 2.75) is 32.0 Å². The first-order valence-electron chi connectivity index (χ1n) is 6.37. The van der Waals surface area contributed by atoms with Crippen LogP contribution >= 0.6 is 0 Å². The van der Waals surface area contributed by atoms with Gasteiger partial charge in [-0.15, -0.1) is 0 Å². The normalized spacial score (nSPS) is 29.3. The van der Waals surface area contributed by atoms with Gasteiger partial charge in [0.05, 0.1) is 18.7 Å². The number of nitrogens with zero attached hydrogens (tertiary/aromatic N) is 2. The number of hydrogen-bond acceptors (Lipinski definition) is 5. The van der Waals surface area contributed by atoms with Gasteiger partial charge < -0.3 is 14.7 Å². The molecule has 1 N–H and O–H groups in total. The van der Waals surface area contributed by atoms with E-state index >= 15 is 0 Å². The van der Waals surface area contributed by atoms with Crippen molar-refractivity contribution in [1.29, 1.82) is 0 Å². The number of phenols is 1. The van der Waals surface area contributed by atoms with Crippen LogP contribution in [0.5, 0.6) is 11.5 Å². The molecule has 2 aliphatic heterocycles. The minimum Gasteiger partial charge on any atom is -0.504 e. The van der Waals surface area contributed by atoms with E-state index < -0.39 is 0 Å². The van der Waals surface area contributed by atoms with E-state index in [-0.39, 0.29) is 23.9 Å². The van der Waals surface area contributed by atoms with Crippen molar-refractivity contribution < 1.29 is 14.7 Å². The highest BCUT2D eigenvalue weighted by atomic mass is 16.7. The van der Waals surface area contributed by atoms with Crippen LogP contribution in [0.1, 0.15) is 36.9 Å². The molecule has 3 atom stereocenters. The quantitative estimate of drug-likeness (QED) is 0.843. The van der Waals surface area contributed by atoms with Gasteiger partial charge >= 0.3 is 0 Å². The Morgan fingerprint density at radius 2 is 2.11 bits per heavy atom. The molecular formula is C14H18N2O3. The highest BCUT2D eigenvalue weighted by molar-refractivity contribution is 5.91. The van der Waals surface area contributed by atoms with Crippen LogP contribution in [0.3, 0.4) is 0 Å². The molecule has 1 aromatic carbocycles. The van der Waals surface area contributed by atoms with Gasteiger partial charge in [0.1, 0.15) is 0 Å². The summed E-state index contributed by atoms with van der Waals surface area (Å²) < 4.78 is 5.20. The smallest absolute Gasteiger partial charge is 0.193 e. The number of likely N-dealkylation sites (N-methyl/N-ethyl adjacent to an activating group) is 1. The molecule has 0 radical (unpaired) electrons. The third kappa shape index (κ3) is 1.61. The van der Waals surface area contributed by atoms with Gasteiger partial charge in [-0.2, -0.15) is 0 Å². The van der Waals surface area contributed by atoms with Crippen LogP contribution < -0.4 is 4.74 Å². The van der Waals surface area contributed by atoms with Gasteiger partial charge in [-0.3, -0.25) is 4.90 Å². The van der Waals surface area contributed by atoms with Crippen LogP contribution in [-0.2, 0) is 4.84 Å². The maximum Gasteiger partial charge on any atom is 0.193 e. The van der Waals surface area contributed by atoms with Gasteiger partial charge in [0.25, 0.3) is 0 Å². The third-order valence-electron chi connectivity index (χ3n) is 4.22. The molecule has 0 fully saturated rings.